The van der Waals surface area contributed by atoms with Crippen LogP contribution in [-0.4, -0.2) is 20.8 Å². The summed E-state index contributed by atoms with van der Waals surface area (Å²) in [5, 5.41) is 0. The van der Waals surface area contributed by atoms with Gasteiger partial charge >= 0.3 is 0 Å². The largest absolute Gasteiger partial charge is 0.224 e. The molecule has 0 aromatic carbocycles. The highest BCUT2D eigenvalue weighted by Gasteiger charge is 2.18. The quantitative estimate of drug-likeness (QED) is 0.191. The Balaban J connectivity index is 4.06. The van der Waals surface area contributed by atoms with Crippen molar-refractivity contribution in [3.05, 3.63) is 23.0 Å². The lowest BCUT2D eigenvalue weighted by atomic mass is 10.4. The monoisotopic (exact) mass is 294 g/mol. The summed E-state index contributed by atoms with van der Waals surface area (Å²) in [6, 6.07) is 0. The highest BCUT2D eigenvalue weighted by molar-refractivity contribution is 8.02. The van der Waals surface area contributed by atoms with E-state index in [0.29, 0.717) is 13.0 Å². The molecule has 0 aliphatic rings. The summed E-state index contributed by atoms with van der Waals surface area (Å²) in [7, 11) is -3.32. The van der Waals surface area contributed by atoms with E-state index in [0.717, 1.165) is 31.3 Å². The van der Waals surface area contributed by atoms with Crippen molar-refractivity contribution in [3.8, 4) is 0 Å². The van der Waals surface area contributed by atoms with Crippen LogP contribution in [-0.2, 0) is 19.1 Å². The number of hydrogen-bond donors (Lipinski definition) is 0. The highest BCUT2D eigenvalue weighted by Crippen LogP contribution is 2.27. The van der Waals surface area contributed by atoms with E-state index in [1.807, 2.05) is 13.8 Å². The smallest absolute Gasteiger partial charge is 0.178 e. The summed E-state index contributed by atoms with van der Waals surface area (Å²) < 4.78 is 28.4. The SMILES string of the molecule is C=C(SOOCCCC)C(=C)S(=O)(=O)CCCC. The van der Waals surface area contributed by atoms with Crippen molar-refractivity contribution in [1.82, 2.24) is 0 Å². The van der Waals surface area contributed by atoms with Gasteiger partial charge in [0.25, 0.3) is 0 Å². The zero-order chi connectivity index (χ0) is 14.0. The molecule has 0 aromatic rings. The second kappa shape index (κ2) is 9.61. The average Bonchev–Trinajstić information content (AvgIpc) is 2.35. The Morgan fingerprint density at radius 3 is 2.33 bits per heavy atom. The second-order valence-electron chi connectivity index (χ2n) is 3.85. The van der Waals surface area contributed by atoms with Gasteiger partial charge in [-0.15, -0.1) is 0 Å². The van der Waals surface area contributed by atoms with Crippen LogP contribution in [0.2, 0.25) is 0 Å². The van der Waals surface area contributed by atoms with E-state index in [-0.39, 0.29) is 15.6 Å². The fourth-order valence-electron chi connectivity index (χ4n) is 0.980. The molecule has 0 rings (SSSR count). The molecular formula is C12H22O4S2. The van der Waals surface area contributed by atoms with Crippen LogP contribution in [0.15, 0.2) is 23.0 Å². The summed E-state index contributed by atoms with van der Waals surface area (Å²) in [6.45, 7) is 11.6. The Kier molecular flexibility index (Phi) is 9.45. The third-order valence-corrected chi connectivity index (χ3v) is 4.78. The Labute approximate surface area is 114 Å². The summed E-state index contributed by atoms with van der Waals surface area (Å²) in [6.07, 6.45) is 3.34. The van der Waals surface area contributed by atoms with Crippen LogP contribution < -0.4 is 0 Å². The maximum absolute atomic E-state index is 11.8. The molecule has 0 atom stereocenters. The second-order valence-corrected chi connectivity index (χ2v) is 6.77. The van der Waals surface area contributed by atoms with E-state index in [1.54, 1.807) is 0 Å². The first kappa shape index (κ1) is 17.7. The number of sulfone groups is 1. The van der Waals surface area contributed by atoms with Crippen LogP contribution in [0, 0.1) is 0 Å². The zero-order valence-electron chi connectivity index (χ0n) is 11.1. The molecule has 0 N–H and O–H groups in total. The lowest BCUT2D eigenvalue weighted by Crippen LogP contribution is -2.09. The Morgan fingerprint density at radius 2 is 1.78 bits per heavy atom. The van der Waals surface area contributed by atoms with Gasteiger partial charge in [-0.25, -0.2) is 13.3 Å². The van der Waals surface area contributed by atoms with Crippen molar-refractivity contribution in [1.29, 1.82) is 0 Å². The van der Waals surface area contributed by atoms with Gasteiger partial charge in [0.05, 0.1) is 29.3 Å². The minimum absolute atomic E-state index is 0.0139. The van der Waals surface area contributed by atoms with Gasteiger partial charge in [-0.2, -0.15) is 4.33 Å². The molecule has 6 heteroatoms. The van der Waals surface area contributed by atoms with E-state index in [9.17, 15) is 8.42 Å². The Hall–Kier alpha value is -0.300. The standard InChI is InChI=1S/C12H22O4S2/c1-5-7-9-15-16-17-11(3)12(4)18(13,14)10-8-6-2/h3-10H2,1-2H3. The van der Waals surface area contributed by atoms with Gasteiger partial charge < -0.3 is 0 Å². The predicted molar refractivity (Wildman–Crippen MR) is 76.5 cm³/mol. The summed E-state index contributed by atoms with van der Waals surface area (Å²) in [5.74, 6) is 0.0958. The molecule has 0 spiro atoms. The van der Waals surface area contributed by atoms with E-state index >= 15 is 0 Å². The first-order valence-electron chi connectivity index (χ1n) is 6.02. The molecule has 0 aromatic heterocycles. The predicted octanol–water partition coefficient (Wildman–Crippen LogP) is 3.63. The molecule has 18 heavy (non-hydrogen) atoms. The molecule has 0 amide bonds. The lowest BCUT2D eigenvalue weighted by molar-refractivity contribution is -0.190. The van der Waals surface area contributed by atoms with E-state index in [1.165, 1.54) is 0 Å². The van der Waals surface area contributed by atoms with Crippen molar-refractivity contribution in [2.24, 2.45) is 0 Å². The molecule has 0 bridgehead atoms. The van der Waals surface area contributed by atoms with Crippen LogP contribution in [0.1, 0.15) is 39.5 Å². The van der Waals surface area contributed by atoms with Gasteiger partial charge in [0, 0.05) is 4.91 Å². The van der Waals surface area contributed by atoms with E-state index in [4.69, 9.17) is 9.22 Å². The molecule has 0 fully saturated rings. The molecule has 0 unspecified atom stereocenters. The first-order valence-corrected chi connectivity index (χ1v) is 8.42. The minimum atomic E-state index is -3.32. The Bertz CT molecular complexity index is 360. The molecule has 0 radical (unpaired) electrons. The van der Waals surface area contributed by atoms with Gasteiger partial charge in [-0.05, 0) is 12.8 Å². The van der Waals surface area contributed by atoms with Crippen molar-refractivity contribution in [3.63, 3.8) is 0 Å². The summed E-state index contributed by atoms with van der Waals surface area (Å²) in [5.41, 5.74) is 0. The number of hydrogen-bond acceptors (Lipinski definition) is 5. The summed E-state index contributed by atoms with van der Waals surface area (Å²) in [4.78, 5) is 5.14. The van der Waals surface area contributed by atoms with Crippen LogP contribution in [0.25, 0.3) is 0 Å². The van der Waals surface area contributed by atoms with Crippen molar-refractivity contribution >= 4 is 21.9 Å². The normalized spacial score (nSPS) is 11.4. The molecule has 0 aliphatic carbocycles. The van der Waals surface area contributed by atoms with Crippen LogP contribution >= 0.6 is 12.0 Å². The van der Waals surface area contributed by atoms with Crippen LogP contribution in [0.3, 0.4) is 0 Å². The maximum Gasteiger partial charge on any atom is 0.178 e. The molecule has 0 saturated heterocycles. The van der Waals surface area contributed by atoms with Crippen LogP contribution in [0.5, 0.6) is 0 Å². The topological polar surface area (TPSA) is 52.6 Å². The van der Waals surface area contributed by atoms with Gasteiger partial charge in [-0.3, -0.25) is 0 Å². The van der Waals surface area contributed by atoms with Gasteiger partial charge in [0.15, 0.2) is 9.84 Å². The molecule has 0 saturated carbocycles. The lowest BCUT2D eigenvalue weighted by Gasteiger charge is -2.08. The van der Waals surface area contributed by atoms with Gasteiger partial charge in [-0.1, -0.05) is 39.8 Å². The average molecular weight is 294 g/mol. The molecule has 0 aliphatic heterocycles. The Morgan fingerprint density at radius 1 is 1.17 bits per heavy atom. The number of rotatable bonds is 11. The van der Waals surface area contributed by atoms with Gasteiger partial charge in [0.1, 0.15) is 0 Å². The van der Waals surface area contributed by atoms with Gasteiger partial charge in [0.2, 0.25) is 0 Å². The molecule has 106 valence electrons. The van der Waals surface area contributed by atoms with Crippen LogP contribution in [0.4, 0.5) is 0 Å². The molecular weight excluding hydrogens is 272 g/mol. The first-order chi connectivity index (χ1) is 8.45. The minimum Gasteiger partial charge on any atom is -0.224 e. The van der Waals surface area contributed by atoms with E-state index in [2.05, 4.69) is 13.2 Å². The van der Waals surface area contributed by atoms with Crippen molar-refractivity contribution < 1.29 is 17.6 Å². The van der Waals surface area contributed by atoms with Crippen molar-refractivity contribution in [2.45, 2.75) is 39.5 Å². The zero-order valence-corrected chi connectivity index (χ0v) is 12.7. The molecule has 4 nitrogen and oxygen atoms in total. The summed E-state index contributed by atoms with van der Waals surface area (Å²) >= 11 is 0.800. The van der Waals surface area contributed by atoms with E-state index < -0.39 is 9.84 Å². The molecule has 0 heterocycles. The van der Waals surface area contributed by atoms with Crippen molar-refractivity contribution in [2.75, 3.05) is 12.4 Å². The number of unbranched alkanes of at least 4 members (excludes halogenated alkanes) is 2. The maximum atomic E-state index is 11.8. The third kappa shape index (κ3) is 7.20. The fraction of sp³-hybridized carbons (Fsp3) is 0.667. The third-order valence-electron chi connectivity index (χ3n) is 2.22. The highest BCUT2D eigenvalue weighted by atomic mass is 32.2. The fourth-order valence-corrected chi connectivity index (χ4v) is 3.02.